The standard InChI is InChI=1S/C15H26N4O/c1-10(2)13-18-12(16)11(3)14(19-13)17-9-15(4)5-7-20-8-6-15/h10H,5-9H2,1-4H3,(H3,16,17,18,19). The molecule has 2 rings (SSSR count). The first-order valence-electron chi connectivity index (χ1n) is 7.37. The van der Waals surface area contributed by atoms with Crippen molar-refractivity contribution >= 4 is 11.6 Å². The molecule has 0 amide bonds. The Hall–Kier alpha value is -1.36. The van der Waals surface area contributed by atoms with E-state index in [2.05, 4.69) is 36.1 Å². The zero-order valence-electron chi connectivity index (χ0n) is 13.0. The highest BCUT2D eigenvalue weighted by molar-refractivity contribution is 5.55. The van der Waals surface area contributed by atoms with E-state index in [1.54, 1.807) is 0 Å². The van der Waals surface area contributed by atoms with Crippen LogP contribution in [0.2, 0.25) is 0 Å². The Morgan fingerprint density at radius 2 is 1.95 bits per heavy atom. The SMILES string of the molecule is Cc1c(N)nc(C(C)C)nc1NCC1(C)CCOCC1. The van der Waals surface area contributed by atoms with Gasteiger partial charge in [0.25, 0.3) is 0 Å². The van der Waals surface area contributed by atoms with Gasteiger partial charge in [0.05, 0.1) is 0 Å². The fraction of sp³-hybridized carbons (Fsp3) is 0.733. The summed E-state index contributed by atoms with van der Waals surface area (Å²) < 4.78 is 5.44. The van der Waals surface area contributed by atoms with E-state index in [0.29, 0.717) is 5.82 Å². The highest BCUT2D eigenvalue weighted by atomic mass is 16.5. The number of nitrogens with one attached hydrogen (secondary N) is 1. The Morgan fingerprint density at radius 1 is 1.30 bits per heavy atom. The summed E-state index contributed by atoms with van der Waals surface area (Å²) in [5.41, 5.74) is 7.19. The Bertz CT molecular complexity index is 467. The summed E-state index contributed by atoms with van der Waals surface area (Å²) in [4.78, 5) is 8.97. The topological polar surface area (TPSA) is 73.1 Å². The highest BCUT2D eigenvalue weighted by Crippen LogP contribution is 2.30. The summed E-state index contributed by atoms with van der Waals surface area (Å²) in [6, 6.07) is 0. The van der Waals surface area contributed by atoms with Crippen LogP contribution in [0.5, 0.6) is 0 Å². The van der Waals surface area contributed by atoms with Gasteiger partial charge in [0.15, 0.2) is 0 Å². The number of aromatic nitrogens is 2. The molecule has 0 spiro atoms. The summed E-state index contributed by atoms with van der Waals surface area (Å²) in [5, 5.41) is 3.47. The molecule has 1 aromatic rings. The van der Waals surface area contributed by atoms with Crippen LogP contribution in [0.3, 0.4) is 0 Å². The molecule has 5 heteroatoms. The lowest BCUT2D eigenvalue weighted by Gasteiger charge is -2.34. The zero-order chi connectivity index (χ0) is 14.8. The van der Waals surface area contributed by atoms with Crippen LogP contribution in [0.15, 0.2) is 0 Å². The van der Waals surface area contributed by atoms with Gasteiger partial charge in [0.1, 0.15) is 17.5 Å². The average Bonchev–Trinajstić information content (AvgIpc) is 2.41. The highest BCUT2D eigenvalue weighted by Gasteiger charge is 2.27. The lowest BCUT2D eigenvalue weighted by atomic mass is 9.82. The summed E-state index contributed by atoms with van der Waals surface area (Å²) in [7, 11) is 0. The number of nitrogen functional groups attached to an aromatic ring is 1. The summed E-state index contributed by atoms with van der Waals surface area (Å²) in [6.45, 7) is 11.0. The molecule has 2 heterocycles. The van der Waals surface area contributed by atoms with Crippen LogP contribution in [0, 0.1) is 12.3 Å². The third kappa shape index (κ3) is 3.39. The molecular weight excluding hydrogens is 252 g/mol. The number of anilines is 2. The maximum Gasteiger partial charge on any atom is 0.135 e. The van der Waals surface area contributed by atoms with Crippen LogP contribution in [0.25, 0.3) is 0 Å². The molecule has 1 fully saturated rings. The molecule has 1 aliphatic heterocycles. The van der Waals surface area contributed by atoms with E-state index < -0.39 is 0 Å². The van der Waals surface area contributed by atoms with Gasteiger partial charge in [0, 0.05) is 31.2 Å². The molecule has 0 radical (unpaired) electrons. The summed E-state index contributed by atoms with van der Waals surface area (Å²) in [5.74, 6) is 2.52. The van der Waals surface area contributed by atoms with Crippen molar-refractivity contribution in [2.75, 3.05) is 30.8 Å². The molecule has 3 N–H and O–H groups in total. The quantitative estimate of drug-likeness (QED) is 0.886. The fourth-order valence-electron chi connectivity index (χ4n) is 2.32. The number of hydrogen-bond donors (Lipinski definition) is 2. The number of rotatable bonds is 4. The predicted molar refractivity (Wildman–Crippen MR) is 81.9 cm³/mol. The summed E-state index contributed by atoms with van der Waals surface area (Å²) >= 11 is 0. The second-order valence-electron chi connectivity index (χ2n) is 6.37. The third-order valence-electron chi connectivity index (χ3n) is 4.10. The van der Waals surface area contributed by atoms with E-state index in [1.807, 2.05) is 6.92 Å². The minimum Gasteiger partial charge on any atom is -0.383 e. The minimum atomic E-state index is 0.266. The molecule has 0 aliphatic carbocycles. The second kappa shape index (κ2) is 5.95. The number of nitrogens with zero attached hydrogens (tertiary/aromatic N) is 2. The third-order valence-corrected chi connectivity index (χ3v) is 4.10. The maximum absolute atomic E-state index is 5.99. The first kappa shape index (κ1) is 15.0. The van der Waals surface area contributed by atoms with Gasteiger partial charge in [-0.25, -0.2) is 9.97 Å². The first-order chi connectivity index (χ1) is 9.41. The predicted octanol–water partition coefficient (Wildman–Crippen LogP) is 2.72. The van der Waals surface area contributed by atoms with Crippen molar-refractivity contribution in [3.63, 3.8) is 0 Å². The van der Waals surface area contributed by atoms with Gasteiger partial charge in [-0.3, -0.25) is 0 Å². The van der Waals surface area contributed by atoms with E-state index in [-0.39, 0.29) is 11.3 Å². The molecule has 0 unspecified atom stereocenters. The van der Waals surface area contributed by atoms with Crippen molar-refractivity contribution < 1.29 is 4.74 Å². The van der Waals surface area contributed by atoms with Crippen molar-refractivity contribution in [3.05, 3.63) is 11.4 Å². The van der Waals surface area contributed by atoms with Gasteiger partial charge < -0.3 is 15.8 Å². The molecule has 1 aromatic heterocycles. The van der Waals surface area contributed by atoms with Crippen LogP contribution in [0.4, 0.5) is 11.6 Å². The second-order valence-corrected chi connectivity index (χ2v) is 6.37. The molecule has 0 atom stereocenters. The van der Waals surface area contributed by atoms with Crippen LogP contribution in [-0.2, 0) is 4.74 Å². The molecular formula is C15H26N4O. The normalized spacial score (nSPS) is 18.2. The monoisotopic (exact) mass is 278 g/mol. The molecule has 112 valence electrons. The van der Waals surface area contributed by atoms with Gasteiger partial charge in [-0.15, -0.1) is 0 Å². The van der Waals surface area contributed by atoms with Crippen molar-refractivity contribution in [2.24, 2.45) is 5.41 Å². The lowest BCUT2D eigenvalue weighted by molar-refractivity contribution is 0.0299. The van der Waals surface area contributed by atoms with Gasteiger partial charge in [-0.2, -0.15) is 0 Å². The van der Waals surface area contributed by atoms with E-state index in [0.717, 1.165) is 49.8 Å². The molecule has 5 nitrogen and oxygen atoms in total. The van der Waals surface area contributed by atoms with Gasteiger partial charge in [-0.1, -0.05) is 20.8 Å². The van der Waals surface area contributed by atoms with Crippen LogP contribution < -0.4 is 11.1 Å². The molecule has 1 aliphatic rings. The summed E-state index contributed by atoms with van der Waals surface area (Å²) in [6.07, 6.45) is 2.16. The molecule has 1 saturated heterocycles. The van der Waals surface area contributed by atoms with Crippen LogP contribution in [-0.4, -0.2) is 29.7 Å². The van der Waals surface area contributed by atoms with Crippen molar-refractivity contribution in [1.29, 1.82) is 0 Å². The largest absolute Gasteiger partial charge is 0.383 e. The molecule has 0 saturated carbocycles. The number of nitrogens with two attached hydrogens (primary N) is 1. The van der Waals surface area contributed by atoms with Crippen molar-refractivity contribution in [3.8, 4) is 0 Å². The average molecular weight is 278 g/mol. The number of hydrogen-bond acceptors (Lipinski definition) is 5. The Balaban J connectivity index is 2.12. The zero-order valence-corrected chi connectivity index (χ0v) is 13.0. The Labute approximate surface area is 121 Å². The van der Waals surface area contributed by atoms with E-state index in [4.69, 9.17) is 10.5 Å². The van der Waals surface area contributed by atoms with E-state index >= 15 is 0 Å². The molecule has 0 aromatic carbocycles. The first-order valence-corrected chi connectivity index (χ1v) is 7.37. The Morgan fingerprint density at radius 3 is 2.55 bits per heavy atom. The van der Waals surface area contributed by atoms with Gasteiger partial charge in [0.2, 0.25) is 0 Å². The van der Waals surface area contributed by atoms with Crippen LogP contribution >= 0.6 is 0 Å². The molecule has 0 bridgehead atoms. The Kier molecular flexibility index (Phi) is 4.48. The molecule has 20 heavy (non-hydrogen) atoms. The van der Waals surface area contributed by atoms with Gasteiger partial charge in [-0.05, 0) is 25.2 Å². The fourth-order valence-corrected chi connectivity index (χ4v) is 2.32. The van der Waals surface area contributed by atoms with E-state index in [1.165, 1.54) is 0 Å². The van der Waals surface area contributed by atoms with Crippen molar-refractivity contribution in [1.82, 2.24) is 9.97 Å². The minimum absolute atomic E-state index is 0.266. The number of ether oxygens (including phenoxy) is 1. The van der Waals surface area contributed by atoms with Crippen LogP contribution in [0.1, 0.15) is 50.9 Å². The maximum atomic E-state index is 5.99. The smallest absolute Gasteiger partial charge is 0.135 e. The lowest BCUT2D eigenvalue weighted by Crippen LogP contribution is -2.33. The van der Waals surface area contributed by atoms with Gasteiger partial charge >= 0.3 is 0 Å². The van der Waals surface area contributed by atoms with Crippen molar-refractivity contribution in [2.45, 2.75) is 46.5 Å². The van der Waals surface area contributed by atoms with E-state index in [9.17, 15) is 0 Å².